The first kappa shape index (κ1) is 29.1. The number of thiophene rings is 1. The second-order valence-corrected chi connectivity index (χ2v) is 14.2. The number of para-hydroxylation sites is 1. The largest absolute Gasteiger partial charge is 0.456 e. The molecule has 0 atom stereocenters. The van der Waals surface area contributed by atoms with Crippen LogP contribution in [0.3, 0.4) is 0 Å². The van der Waals surface area contributed by atoms with E-state index in [0.717, 1.165) is 44.0 Å². The minimum absolute atomic E-state index is 0.621. The fourth-order valence-electron chi connectivity index (χ4n) is 7.60. The minimum atomic E-state index is 0.621. The normalized spacial score (nSPS) is 11.8. The summed E-state index contributed by atoms with van der Waals surface area (Å²) >= 11 is 1.89. The van der Waals surface area contributed by atoms with Gasteiger partial charge in [-0.2, -0.15) is 0 Å². The maximum Gasteiger partial charge on any atom is 0.164 e. The van der Waals surface area contributed by atoms with Crippen LogP contribution < -0.4 is 0 Å². The van der Waals surface area contributed by atoms with E-state index in [0.29, 0.717) is 17.5 Å². The van der Waals surface area contributed by atoms with Gasteiger partial charge in [0.15, 0.2) is 17.5 Å². The maximum atomic E-state index is 6.12. The molecule has 0 aliphatic carbocycles. The van der Waals surface area contributed by atoms with Gasteiger partial charge < -0.3 is 4.42 Å². The van der Waals surface area contributed by atoms with Crippen LogP contribution in [0.4, 0.5) is 0 Å². The molecule has 11 rings (SSSR count). The van der Waals surface area contributed by atoms with Crippen molar-refractivity contribution in [1.29, 1.82) is 0 Å². The van der Waals surface area contributed by atoms with Gasteiger partial charge in [-0.15, -0.1) is 11.3 Å². The van der Waals surface area contributed by atoms with Crippen molar-refractivity contribution in [3.05, 3.63) is 164 Å². The van der Waals surface area contributed by atoms with Gasteiger partial charge in [-0.1, -0.05) is 133 Å². The quantitative estimate of drug-likeness (QED) is 0.174. The fourth-order valence-corrected chi connectivity index (χ4v) is 9.01. The number of nitrogens with zero attached hydrogens (tertiary/aromatic N) is 3. The van der Waals surface area contributed by atoms with Crippen LogP contribution >= 0.6 is 11.3 Å². The highest BCUT2D eigenvalue weighted by Gasteiger charge is 2.17. The first-order valence-corrected chi connectivity index (χ1v) is 18.2. The molecule has 0 saturated heterocycles. The van der Waals surface area contributed by atoms with E-state index in [4.69, 9.17) is 19.4 Å². The molecule has 5 heteroatoms. The minimum Gasteiger partial charge on any atom is -0.456 e. The molecule has 0 radical (unpaired) electrons. The molecule has 0 aliphatic heterocycles. The van der Waals surface area contributed by atoms with E-state index in [1.807, 2.05) is 72.0 Å². The van der Waals surface area contributed by atoms with Crippen LogP contribution in [-0.2, 0) is 0 Å². The van der Waals surface area contributed by atoms with Crippen molar-refractivity contribution < 1.29 is 4.42 Å². The number of hydrogen-bond donors (Lipinski definition) is 0. The molecular weight excluding hydrogens is 655 g/mol. The smallest absolute Gasteiger partial charge is 0.164 e. The molecule has 0 spiro atoms. The van der Waals surface area contributed by atoms with Crippen LogP contribution in [0, 0.1) is 0 Å². The van der Waals surface area contributed by atoms with Gasteiger partial charge in [-0.05, 0) is 57.6 Å². The maximum absolute atomic E-state index is 6.12. The summed E-state index contributed by atoms with van der Waals surface area (Å²) < 4.78 is 8.75. The van der Waals surface area contributed by atoms with Gasteiger partial charge >= 0.3 is 0 Å². The van der Waals surface area contributed by atoms with Gasteiger partial charge in [0.25, 0.3) is 0 Å². The predicted molar refractivity (Wildman–Crippen MR) is 217 cm³/mol. The molecule has 8 aromatic carbocycles. The van der Waals surface area contributed by atoms with Crippen LogP contribution in [0.15, 0.2) is 168 Å². The third-order valence-electron chi connectivity index (χ3n) is 10.1. The number of hydrogen-bond acceptors (Lipinski definition) is 5. The summed E-state index contributed by atoms with van der Waals surface area (Å²) in [4.78, 5) is 15.2. The van der Waals surface area contributed by atoms with Crippen LogP contribution in [0.2, 0.25) is 0 Å². The summed E-state index contributed by atoms with van der Waals surface area (Å²) in [6.45, 7) is 0. The van der Waals surface area contributed by atoms with Gasteiger partial charge in [-0.25, -0.2) is 15.0 Å². The molecule has 0 aliphatic rings. The third-order valence-corrected chi connectivity index (χ3v) is 11.4. The highest BCUT2D eigenvalue weighted by atomic mass is 32.1. The SMILES string of the molecule is c1ccc(-c2nc(-c3ccc4c(ccc5ccc6c7cccc(-c8ccccc8)c7sc6c54)c3)nc(-c3ccc4oc5ccccc5c4c3)n2)cc1. The van der Waals surface area contributed by atoms with E-state index in [1.165, 1.54) is 47.5 Å². The van der Waals surface area contributed by atoms with Crippen molar-refractivity contribution in [1.82, 2.24) is 15.0 Å². The van der Waals surface area contributed by atoms with E-state index in [2.05, 4.69) is 103 Å². The molecule has 0 N–H and O–H groups in total. The van der Waals surface area contributed by atoms with Crippen molar-refractivity contribution in [2.75, 3.05) is 0 Å². The number of rotatable bonds is 4. The zero-order valence-electron chi connectivity index (χ0n) is 27.7. The van der Waals surface area contributed by atoms with Gasteiger partial charge in [-0.3, -0.25) is 0 Å². The molecule has 0 amide bonds. The first-order valence-electron chi connectivity index (χ1n) is 17.3. The van der Waals surface area contributed by atoms with E-state index in [-0.39, 0.29) is 0 Å². The average Bonchev–Trinajstić information content (AvgIpc) is 3.79. The van der Waals surface area contributed by atoms with Crippen molar-refractivity contribution >= 4 is 75.0 Å². The van der Waals surface area contributed by atoms with Crippen molar-refractivity contribution in [3.63, 3.8) is 0 Å². The average molecular weight is 682 g/mol. The summed E-state index contributed by atoms with van der Waals surface area (Å²) in [5.41, 5.74) is 7.01. The topological polar surface area (TPSA) is 51.8 Å². The highest BCUT2D eigenvalue weighted by Crippen LogP contribution is 2.45. The van der Waals surface area contributed by atoms with Crippen LogP contribution in [0.1, 0.15) is 0 Å². The Morgan fingerprint density at radius 2 is 0.962 bits per heavy atom. The Labute approximate surface area is 302 Å². The molecule has 0 unspecified atom stereocenters. The molecule has 4 nitrogen and oxygen atoms in total. The van der Waals surface area contributed by atoms with E-state index in [1.54, 1.807) is 0 Å². The summed E-state index contributed by atoms with van der Waals surface area (Å²) in [7, 11) is 0. The molecule has 52 heavy (non-hydrogen) atoms. The molecule has 0 fully saturated rings. The van der Waals surface area contributed by atoms with Crippen molar-refractivity contribution in [2.45, 2.75) is 0 Å². The number of benzene rings is 8. The Kier molecular flexibility index (Phi) is 6.39. The summed E-state index contributed by atoms with van der Waals surface area (Å²) in [5, 5.41) is 9.58. The lowest BCUT2D eigenvalue weighted by Gasteiger charge is -2.10. The molecular formula is C47H27N3OS. The van der Waals surface area contributed by atoms with Gasteiger partial charge in [0, 0.05) is 53.0 Å². The molecule has 3 aromatic heterocycles. The van der Waals surface area contributed by atoms with Crippen molar-refractivity contribution in [3.8, 4) is 45.3 Å². The van der Waals surface area contributed by atoms with Gasteiger partial charge in [0.1, 0.15) is 11.2 Å². The Morgan fingerprint density at radius 1 is 0.365 bits per heavy atom. The highest BCUT2D eigenvalue weighted by molar-refractivity contribution is 7.27. The monoisotopic (exact) mass is 681 g/mol. The van der Waals surface area contributed by atoms with Crippen LogP contribution in [-0.4, -0.2) is 15.0 Å². The van der Waals surface area contributed by atoms with Gasteiger partial charge in [0.05, 0.1) is 0 Å². The summed E-state index contributed by atoms with van der Waals surface area (Å²) in [5.74, 6) is 1.89. The summed E-state index contributed by atoms with van der Waals surface area (Å²) in [6, 6.07) is 57.4. The lowest BCUT2D eigenvalue weighted by Crippen LogP contribution is -2.00. The zero-order chi connectivity index (χ0) is 34.2. The summed E-state index contributed by atoms with van der Waals surface area (Å²) in [6.07, 6.45) is 0. The Morgan fingerprint density at radius 3 is 1.79 bits per heavy atom. The second kappa shape index (κ2) is 11.4. The van der Waals surface area contributed by atoms with E-state index in [9.17, 15) is 0 Å². The lowest BCUT2D eigenvalue weighted by atomic mass is 9.97. The molecule has 242 valence electrons. The number of aromatic nitrogens is 3. The predicted octanol–water partition coefficient (Wildman–Crippen LogP) is 13.1. The second-order valence-electron chi connectivity index (χ2n) is 13.2. The van der Waals surface area contributed by atoms with Crippen LogP contribution in [0.25, 0.3) is 109 Å². The standard InChI is InChI=1S/C47H27N3OS/c1-3-10-28(11-4-1)35-15-9-16-37-38-24-20-29-18-19-31-26-32(21-23-34(31)42(29)44(38)52-43(35)37)46-48-45(30-12-5-2-6-13-30)49-47(50-46)33-22-25-41-39(27-33)36-14-7-8-17-40(36)51-41/h1-27H. The number of fused-ring (bicyclic) bond motifs is 10. The van der Waals surface area contributed by atoms with Gasteiger partial charge in [0.2, 0.25) is 0 Å². The van der Waals surface area contributed by atoms with E-state index >= 15 is 0 Å². The Hall–Kier alpha value is -6.69. The Balaban J connectivity index is 1.10. The van der Waals surface area contributed by atoms with Crippen molar-refractivity contribution in [2.24, 2.45) is 0 Å². The number of furan rings is 1. The lowest BCUT2D eigenvalue weighted by molar-refractivity contribution is 0.669. The fraction of sp³-hybridized carbons (Fsp3) is 0. The van der Waals surface area contributed by atoms with Crippen LogP contribution in [0.5, 0.6) is 0 Å². The molecule has 3 heterocycles. The third kappa shape index (κ3) is 4.57. The Bertz CT molecular complexity index is 3180. The molecule has 11 aromatic rings. The zero-order valence-corrected chi connectivity index (χ0v) is 28.6. The van der Waals surface area contributed by atoms with E-state index < -0.39 is 0 Å². The molecule has 0 bridgehead atoms. The molecule has 0 saturated carbocycles. The first-order chi connectivity index (χ1) is 25.7.